The lowest BCUT2D eigenvalue weighted by Crippen LogP contribution is -2.68. The van der Waals surface area contributed by atoms with Crippen molar-refractivity contribution >= 4 is 63.2 Å². The number of ether oxygens (including phenoxy) is 2. The number of hydrogen-bond donors (Lipinski definition) is 0. The monoisotopic (exact) mass is 861 g/mol. The van der Waals surface area contributed by atoms with Crippen LogP contribution in [0.1, 0.15) is 103 Å². The Kier molecular flexibility index (Phi) is 12.1. The third-order valence-corrected chi connectivity index (χ3v) is 17.1. The third kappa shape index (κ3) is 8.64. The highest BCUT2D eigenvalue weighted by atomic mass is 79.9. The number of benzene rings is 3. The van der Waals surface area contributed by atoms with Gasteiger partial charge in [-0.3, -0.25) is 0 Å². The van der Waals surface area contributed by atoms with Crippen molar-refractivity contribution in [3.63, 3.8) is 0 Å². The summed E-state index contributed by atoms with van der Waals surface area (Å²) in [5, 5.41) is 13.0. The maximum Gasteiger partial charge on any atom is 0.410 e. The summed E-state index contributed by atoms with van der Waals surface area (Å²) in [6.07, 6.45) is 6.94. The normalized spacial score (nSPS) is 19.7. The second-order valence-electron chi connectivity index (χ2n) is 17.1. The number of nitrogens with zero attached hydrogens (tertiary/aromatic N) is 5. The molecule has 1 amide bonds. The first kappa shape index (κ1) is 40.6. The summed E-state index contributed by atoms with van der Waals surface area (Å²) in [6, 6.07) is 23.2. The topological polar surface area (TPSA) is 105 Å². The Labute approximate surface area is 344 Å². The van der Waals surface area contributed by atoms with Gasteiger partial charge in [0.05, 0.1) is 17.8 Å². The first-order valence-electron chi connectivity index (χ1n) is 19.8. The van der Waals surface area contributed by atoms with Crippen molar-refractivity contribution in [2.24, 2.45) is 0 Å². The number of rotatable bonds is 10. The lowest BCUT2D eigenvalue weighted by atomic mass is 9.95. The van der Waals surface area contributed by atoms with E-state index in [9.17, 15) is 4.79 Å². The molecule has 2 aliphatic heterocycles. The van der Waals surface area contributed by atoms with Crippen molar-refractivity contribution in [2.75, 3.05) is 19.7 Å². The Hall–Kier alpha value is -3.55. The van der Waals surface area contributed by atoms with E-state index in [1.807, 2.05) is 49.8 Å². The summed E-state index contributed by atoms with van der Waals surface area (Å²) in [5.41, 5.74) is 1.33. The molecule has 2 fully saturated rings. The van der Waals surface area contributed by atoms with Crippen LogP contribution >= 0.6 is 27.5 Å². The van der Waals surface area contributed by atoms with Gasteiger partial charge in [-0.25, -0.2) is 9.48 Å². The molecule has 13 heteroatoms. The fraction of sp³-hybridized carbons (Fsp3) is 0.488. The molecule has 0 N–H and O–H groups in total. The third-order valence-electron chi connectivity index (χ3n) is 10.8. The van der Waals surface area contributed by atoms with Gasteiger partial charge in [-0.2, -0.15) is 10.1 Å². The van der Waals surface area contributed by atoms with Crippen molar-refractivity contribution in [1.82, 2.24) is 24.8 Å². The van der Waals surface area contributed by atoms with E-state index in [0.717, 1.165) is 53.2 Å². The van der Waals surface area contributed by atoms with E-state index in [1.165, 1.54) is 10.4 Å². The first-order valence-corrected chi connectivity index (χ1v) is 22.9. The Morgan fingerprint density at radius 2 is 1.68 bits per heavy atom. The quantitative estimate of drug-likeness (QED) is 0.128. The number of hydrogen-bond acceptors (Lipinski definition) is 8. The summed E-state index contributed by atoms with van der Waals surface area (Å²) in [7, 11) is -2.93. The summed E-state index contributed by atoms with van der Waals surface area (Å²) in [4.78, 5) is 20.4. The van der Waals surface area contributed by atoms with Gasteiger partial charge < -0.3 is 23.3 Å². The number of fused-ring (bicyclic) bond motifs is 1. The van der Waals surface area contributed by atoms with Crippen molar-refractivity contribution < 1.29 is 23.2 Å². The predicted octanol–water partition coefficient (Wildman–Crippen LogP) is 9.38. The first-order chi connectivity index (χ1) is 26.7. The fourth-order valence-corrected chi connectivity index (χ4v) is 14.0. The molecule has 10 nitrogen and oxygen atoms in total. The largest absolute Gasteiger partial charge is 0.444 e. The van der Waals surface area contributed by atoms with Gasteiger partial charge in [-0.1, -0.05) is 98.2 Å². The van der Waals surface area contributed by atoms with Gasteiger partial charge in [0.15, 0.2) is 12.1 Å². The lowest BCUT2D eigenvalue weighted by molar-refractivity contribution is -0.0366. The van der Waals surface area contributed by atoms with E-state index in [0.29, 0.717) is 49.1 Å². The second kappa shape index (κ2) is 16.7. The lowest BCUT2D eigenvalue weighted by Gasteiger charge is -2.47. The number of carbonyl (C=O) groups is 1. The maximum atomic E-state index is 13.7. The highest BCUT2D eigenvalue weighted by Crippen LogP contribution is 2.40. The van der Waals surface area contributed by atoms with Gasteiger partial charge in [0, 0.05) is 46.9 Å². The molecule has 0 aliphatic carbocycles. The average molecular weight is 863 g/mol. The van der Waals surface area contributed by atoms with Gasteiger partial charge in [0.25, 0.3) is 8.32 Å². The summed E-state index contributed by atoms with van der Waals surface area (Å²) in [6.45, 7) is 14.0. The molecule has 1 unspecified atom stereocenters. The van der Waals surface area contributed by atoms with E-state index in [2.05, 4.69) is 95.5 Å². The number of piperidine rings is 1. The van der Waals surface area contributed by atoms with Crippen LogP contribution in [-0.2, 0) is 26.7 Å². The Bertz CT molecular complexity index is 2070. The SMILES string of the molecule is CC(C)(C)OC(=O)N1C[C@@H](O[Si](c2ccccc2)(c2ccccc2)C(C)(C)C)C[C@@H](c2noc(CCCc3c(Cl)cc4c(cnn4C4CCCCO4)c3Br)n2)C1. The van der Waals surface area contributed by atoms with E-state index in [4.69, 9.17) is 35.0 Å². The molecule has 298 valence electrons. The Balaban J connectivity index is 1.11. The van der Waals surface area contributed by atoms with E-state index < -0.39 is 13.9 Å². The van der Waals surface area contributed by atoms with Crippen LogP contribution < -0.4 is 10.4 Å². The highest BCUT2D eigenvalue weighted by molar-refractivity contribution is 9.10. The molecular formula is C43H53BrClN5O5Si. The molecule has 0 spiro atoms. The summed E-state index contributed by atoms with van der Waals surface area (Å²) < 4.78 is 28.2. The minimum atomic E-state index is -2.93. The van der Waals surface area contributed by atoms with Crippen molar-refractivity contribution in [3.05, 3.63) is 99.7 Å². The molecule has 3 aromatic carbocycles. The second-order valence-corrected chi connectivity index (χ2v) is 22.6. The van der Waals surface area contributed by atoms with Crippen LogP contribution in [0.15, 0.2) is 81.9 Å². The standard InChI is InChI=1S/C43H53BrClN5O5Si/c1-42(2,3)53-41(51)49-27-29(24-30(28-49)55-56(43(4,5)6,31-16-9-7-10-17-31)32-18-11-8-12-19-32)40-47-37(54-48-40)21-15-20-33-35(45)25-36-34(39(33)44)26-46-50(36)38-22-13-14-23-52-38/h7-12,16-19,25-26,29-30,38H,13-15,20-24,27-28H2,1-6H3/t29-,30+,38?/m1/s1. The molecular weight excluding hydrogens is 810 g/mol. The van der Waals surface area contributed by atoms with E-state index in [1.54, 1.807) is 4.90 Å². The molecule has 0 radical (unpaired) electrons. The zero-order valence-corrected chi connectivity index (χ0v) is 36.6. The Morgan fingerprint density at radius 3 is 2.30 bits per heavy atom. The smallest absolute Gasteiger partial charge is 0.410 e. The highest BCUT2D eigenvalue weighted by Gasteiger charge is 2.52. The number of carbonyl (C=O) groups excluding carboxylic acids is 1. The van der Waals surface area contributed by atoms with Crippen molar-refractivity contribution in [1.29, 1.82) is 0 Å². The maximum absolute atomic E-state index is 13.7. The summed E-state index contributed by atoms with van der Waals surface area (Å²) >= 11 is 10.7. The molecule has 0 bridgehead atoms. The molecule has 2 saturated heterocycles. The molecule has 4 heterocycles. The van der Waals surface area contributed by atoms with Crippen LogP contribution in [0.3, 0.4) is 0 Å². The summed E-state index contributed by atoms with van der Waals surface area (Å²) in [5.74, 6) is 0.907. The minimum absolute atomic E-state index is 0.0696. The average Bonchev–Trinajstić information content (AvgIpc) is 3.83. The fourth-order valence-electron chi connectivity index (χ4n) is 8.23. The number of aryl methyl sites for hydroxylation is 1. The zero-order chi connectivity index (χ0) is 39.7. The molecule has 2 aromatic heterocycles. The van der Waals surface area contributed by atoms with Crippen molar-refractivity contribution in [3.8, 4) is 0 Å². The van der Waals surface area contributed by atoms with Gasteiger partial charge >= 0.3 is 6.09 Å². The minimum Gasteiger partial charge on any atom is -0.444 e. The number of amides is 1. The van der Waals surface area contributed by atoms with Crippen LogP contribution in [0, 0.1) is 0 Å². The Morgan fingerprint density at radius 1 is 0.982 bits per heavy atom. The van der Waals surface area contributed by atoms with E-state index in [-0.39, 0.29) is 29.4 Å². The van der Waals surface area contributed by atoms with Gasteiger partial charge in [0.2, 0.25) is 5.89 Å². The number of halogens is 2. The number of aromatic nitrogens is 4. The van der Waals surface area contributed by atoms with Crippen LogP contribution in [-0.4, -0.2) is 70.6 Å². The van der Waals surface area contributed by atoms with Crippen LogP contribution in [0.2, 0.25) is 10.1 Å². The molecule has 7 rings (SSSR count). The van der Waals surface area contributed by atoms with E-state index >= 15 is 0 Å². The van der Waals surface area contributed by atoms with Crippen LogP contribution in [0.25, 0.3) is 10.9 Å². The van der Waals surface area contributed by atoms with Gasteiger partial charge in [-0.05, 0) is 102 Å². The van der Waals surface area contributed by atoms with Crippen LogP contribution in [0.5, 0.6) is 0 Å². The molecule has 2 aliphatic rings. The molecule has 0 saturated carbocycles. The predicted molar refractivity (Wildman–Crippen MR) is 225 cm³/mol. The molecule has 5 aromatic rings. The van der Waals surface area contributed by atoms with Crippen LogP contribution in [0.4, 0.5) is 4.79 Å². The van der Waals surface area contributed by atoms with Gasteiger partial charge in [-0.15, -0.1) is 0 Å². The molecule has 56 heavy (non-hydrogen) atoms. The van der Waals surface area contributed by atoms with Crippen molar-refractivity contribution in [2.45, 2.75) is 115 Å². The molecule has 3 atom stereocenters. The number of likely N-dealkylation sites (tertiary alicyclic amines) is 1. The zero-order valence-electron chi connectivity index (χ0n) is 33.3. The van der Waals surface area contributed by atoms with Gasteiger partial charge in [0.1, 0.15) is 5.60 Å².